The van der Waals surface area contributed by atoms with Crippen LogP contribution in [-0.4, -0.2) is 46.2 Å². The Kier molecular flexibility index (Phi) is 5.63. The van der Waals surface area contributed by atoms with Gasteiger partial charge in [-0.15, -0.1) is 0 Å². The fourth-order valence-electron chi connectivity index (χ4n) is 2.72. The van der Waals surface area contributed by atoms with Crippen molar-refractivity contribution in [1.29, 1.82) is 0 Å². The summed E-state index contributed by atoms with van der Waals surface area (Å²) in [5.41, 5.74) is -1.01. The van der Waals surface area contributed by atoms with Gasteiger partial charge < -0.3 is 10.2 Å². The maximum atomic E-state index is 12.2. The zero-order valence-electron chi connectivity index (χ0n) is 13.7. The molecule has 0 aliphatic carbocycles. The third-order valence-corrected chi connectivity index (χ3v) is 4.08. The molecule has 0 atom stereocenters. The molecule has 2 amide bonds. The van der Waals surface area contributed by atoms with Crippen molar-refractivity contribution in [2.75, 3.05) is 19.6 Å². The molecule has 0 unspecified atom stereocenters. The van der Waals surface area contributed by atoms with Gasteiger partial charge in [0.2, 0.25) is 5.91 Å². The molecular formula is C15H18N4O6. The summed E-state index contributed by atoms with van der Waals surface area (Å²) < 4.78 is 0. The Balaban J connectivity index is 2.03. The Hall–Kier alpha value is -3.04. The van der Waals surface area contributed by atoms with Crippen LogP contribution >= 0.6 is 0 Å². The lowest BCUT2D eigenvalue weighted by Crippen LogP contribution is -2.31. The number of rotatable bonds is 7. The number of nitro groups is 2. The highest BCUT2D eigenvalue weighted by Gasteiger charge is 2.24. The van der Waals surface area contributed by atoms with Gasteiger partial charge in [0, 0.05) is 37.7 Å². The number of non-ortho nitro benzene ring substituents is 1. The molecule has 0 saturated carbocycles. The Morgan fingerprint density at radius 1 is 1.28 bits per heavy atom. The molecule has 0 spiro atoms. The van der Waals surface area contributed by atoms with Gasteiger partial charge in [-0.2, -0.15) is 0 Å². The lowest BCUT2D eigenvalue weighted by atomic mass is 10.0. The van der Waals surface area contributed by atoms with Gasteiger partial charge in [-0.25, -0.2) is 0 Å². The molecule has 134 valence electrons. The van der Waals surface area contributed by atoms with Gasteiger partial charge in [0.05, 0.1) is 21.5 Å². The lowest BCUT2D eigenvalue weighted by molar-refractivity contribution is -0.394. The van der Waals surface area contributed by atoms with Crippen LogP contribution in [0.3, 0.4) is 0 Å². The number of carbonyl (C=O) groups excluding carboxylic acids is 2. The Morgan fingerprint density at radius 2 is 2.00 bits per heavy atom. The van der Waals surface area contributed by atoms with E-state index in [-0.39, 0.29) is 23.6 Å². The third kappa shape index (κ3) is 4.28. The molecule has 1 aromatic rings. The SMILES string of the molecule is Cc1c(C(=O)NCCCN2CCCC2=O)cc([N+](=O)[O-])cc1[N+](=O)[O-]. The zero-order valence-corrected chi connectivity index (χ0v) is 13.7. The van der Waals surface area contributed by atoms with E-state index in [0.717, 1.165) is 18.6 Å². The number of hydrogen-bond donors (Lipinski definition) is 1. The summed E-state index contributed by atoms with van der Waals surface area (Å²) in [6, 6.07) is 1.87. The summed E-state index contributed by atoms with van der Waals surface area (Å²) in [4.78, 5) is 45.8. The first-order valence-electron chi connectivity index (χ1n) is 7.80. The molecule has 1 N–H and O–H groups in total. The number of benzene rings is 1. The Bertz CT molecular complexity index is 733. The zero-order chi connectivity index (χ0) is 18.6. The van der Waals surface area contributed by atoms with Crippen LogP contribution in [0.15, 0.2) is 12.1 Å². The fourth-order valence-corrected chi connectivity index (χ4v) is 2.72. The maximum Gasteiger partial charge on any atom is 0.279 e. The Labute approximate surface area is 143 Å². The molecule has 0 bridgehead atoms. The van der Waals surface area contributed by atoms with Crippen molar-refractivity contribution < 1.29 is 19.4 Å². The molecule has 1 saturated heterocycles. The van der Waals surface area contributed by atoms with Crippen molar-refractivity contribution in [2.24, 2.45) is 0 Å². The summed E-state index contributed by atoms with van der Waals surface area (Å²) in [6.07, 6.45) is 1.91. The number of carbonyl (C=O) groups is 2. The van der Waals surface area contributed by atoms with Crippen molar-refractivity contribution in [2.45, 2.75) is 26.2 Å². The maximum absolute atomic E-state index is 12.2. The minimum atomic E-state index is -0.776. The van der Waals surface area contributed by atoms with Gasteiger partial charge in [0.1, 0.15) is 0 Å². The molecule has 1 fully saturated rings. The summed E-state index contributed by atoms with van der Waals surface area (Å²) >= 11 is 0. The van der Waals surface area contributed by atoms with E-state index in [1.54, 1.807) is 4.90 Å². The van der Waals surface area contributed by atoms with Crippen LogP contribution in [-0.2, 0) is 4.79 Å². The second-order valence-corrected chi connectivity index (χ2v) is 5.75. The standard InChI is InChI=1S/C15H18N4O6/c1-10-12(8-11(18(22)23)9-13(10)19(24)25)15(21)16-5-3-7-17-6-2-4-14(17)20/h8-9H,2-7H2,1H3,(H,16,21). The van der Waals surface area contributed by atoms with Crippen LogP contribution in [0.1, 0.15) is 35.2 Å². The van der Waals surface area contributed by atoms with E-state index in [2.05, 4.69) is 5.32 Å². The predicted octanol–water partition coefficient (Wildman–Crippen LogP) is 1.55. The minimum Gasteiger partial charge on any atom is -0.352 e. The van der Waals surface area contributed by atoms with Crippen molar-refractivity contribution in [3.05, 3.63) is 43.5 Å². The highest BCUT2D eigenvalue weighted by atomic mass is 16.6. The van der Waals surface area contributed by atoms with E-state index in [1.807, 2.05) is 0 Å². The largest absolute Gasteiger partial charge is 0.352 e. The van der Waals surface area contributed by atoms with Crippen LogP contribution in [0, 0.1) is 27.2 Å². The highest BCUT2D eigenvalue weighted by Crippen LogP contribution is 2.27. The van der Waals surface area contributed by atoms with E-state index in [4.69, 9.17) is 0 Å². The quantitative estimate of drug-likeness (QED) is 0.450. The molecule has 1 aliphatic heterocycles. The van der Waals surface area contributed by atoms with Crippen LogP contribution in [0.25, 0.3) is 0 Å². The average Bonchev–Trinajstić information content (AvgIpc) is 2.96. The average molecular weight is 350 g/mol. The lowest BCUT2D eigenvalue weighted by Gasteiger charge is -2.15. The number of nitro benzene ring substituents is 2. The monoisotopic (exact) mass is 350 g/mol. The van der Waals surface area contributed by atoms with Crippen molar-refractivity contribution in [3.8, 4) is 0 Å². The fraction of sp³-hybridized carbons (Fsp3) is 0.467. The third-order valence-electron chi connectivity index (χ3n) is 4.08. The number of amides is 2. The smallest absolute Gasteiger partial charge is 0.279 e. The number of nitrogens with zero attached hydrogens (tertiary/aromatic N) is 3. The van der Waals surface area contributed by atoms with Crippen molar-refractivity contribution in [1.82, 2.24) is 10.2 Å². The van der Waals surface area contributed by atoms with Crippen LogP contribution in [0.2, 0.25) is 0 Å². The normalized spacial score (nSPS) is 13.8. The molecule has 1 aromatic carbocycles. The van der Waals surface area contributed by atoms with Gasteiger partial charge in [0.25, 0.3) is 17.3 Å². The molecular weight excluding hydrogens is 332 g/mol. The second-order valence-electron chi connectivity index (χ2n) is 5.75. The van der Waals surface area contributed by atoms with E-state index >= 15 is 0 Å². The number of likely N-dealkylation sites (tertiary alicyclic amines) is 1. The van der Waals surface area contributed by atoms with Crippen LogP contribution in [0.5, 0.6) is 0 Å². The summed E-state index contributed by atoms with van der Waals surface area (Å²) in [5.74, 6) is -0.520. The van der Waals surface area contributed by atoms with Gasteiger partial charge in [-0.3, -0.25) is 29.8 Å². The van der Waals surface area contributed by atoms with Crippen LogP contribution < -0.4 is 5.32 Å². The summed E-state index contributed by atoms with van der Waals surface area (Å²) in [6.45, 7) is 2.87. The van der Waals surface area contributed by atoms with Gasteiger partial charge in [0.15, 0.2) is 0 Å². The predicted molar refractivity (Wildman–Crippen MR) is 87.3 cm³/mol. The molecule has 10 heteroatoms. The highest BCUT2D eigenvalue weighted by molar-refractivity contribution is 5.97. The number of nitrogens with one attached hydrogen (secondary N) is 1. The molecule has 1 heterocycles. The van der Waals surface area contributed by atoms with Crippen LogP contribution in [0.4, 0.5) is 11.4 Å². The first kappa shape index (κ1) is 18.3. The van der Waals surface area contributed by atoms with Gasteiger partial charge in [-0.1, -0.05) is 0 Å². The summed E-state index contributed by atoms with van der Waals surface area (Å²) in [7, 11) is 0. The van der Waals surface area contributed by atoms with Crippen molar-refractivity contribution >= 4 is 23.2 Å². The molecule has 2 rings (SSSR count). The topological polar surface area (TPSA) is 136 Å². The molecule has 25 heavy (non-hydrogen) atoms. The van der Waals surface area contributed by atoms with Crippen molar-refractivity contribution in [3.63, 3.8) is 0 Å². The first-order valence-corrected chi connectivity index (χ1v) is 7.80. The first-order chi connectivity index (χ1) is 11.8. The minimum absolute atomic E-state index is 0.0721. The summed E-state index contributed by atoms with van der Waals surface area (Å²) in [5, 5.41) is 24.5. The Morgan fingerprint density at radius 3 is 2.56 bits per heavy atom. The molecule has 0 radical (unpaired) electrons. The molecule has 0 aromatic heterocycles. The van der Waals surface area contributed by atoms with Gasteiger partial charge in [-0.05, 0) is 19.8 Å². The van der Waals surface area contributed by atoms with E-state index in [1.165, 1.54) is 6.92 Å². The van der Waals surface area contributed by atoms with E-state index in [9.17, 15) is 29.8 Å². The molecule has 10 nitrogen and oxygen atoms in total. The van der Waals surface area contributed by atoms with E-state index < -0.39 is 27.1 Å². The van der Waals surface area contributed by atoms with Gasteiger partial charge >= 0.3 is 0 Å². The number of hydrogen-bond acceptors (Lipinski definition) is 6. The second kappa shape index (κ2) is 7.69. The molecule has 1 aliphatic rings. The van der Waals surface area contributed by atoms with E-state index in [0.29, 0.717) is 25.9 Å².